The first-order chi connectivity index (χ1) is 14.5. The Bertz CT molecular complexity index is 1060. The second-order valence-electron chi connectivity index (χ2n) is 7.51. The highest BCUT2D eigenvalue weighted by Gasteiger charge is 2.28. The van der Waals surface area contributed by atoms with Crippen LogP contribution < -0.4 is 15.5 Å². The molecule has 2 heterocycles. The van der Waals surface area contributed by atoms with E-state index in [1.807, 2.05) is 49.6 Å². The summed E-state index contributed by atoms with van der Waals surface area (Å²) in [6.45, 7) is 5.17. The molecule has 0 unspecified atom stereocenters. The van der Waals surface area contributed by atoms with Gasteiger partial charge in [0.1, 0.15) is 0 Å². The molecule has 1 aliphatic heterocycles. The van der Waals surface area contributed by atoms with Crippen molar-refractivity contribution in [2.75, 3.05) is 23.3 Å². The van der Waals surface area contributed by atoms with Gasteiger partial charge in [-0.25, -0.2) is 0 Å². The van der Waals surface area contributed by atoms with Gasteiger partial charge in [-0.05, 0) is 60.5 Å². The standard InChI is InChI=1S/C24H25N3O2S/c1-16-7-5-9-19(17(16)2)26-24(29)23(28)25-15-21(22-11-6-14-30-22)27-13-12-18-8-3-4-10-20(18)27/h3-11,14,21H,12-13,15H2,1-2H3,(H,25,28)(H,26,29)/t21-/m0/s1. The van der Waals surface area contributed by atoms with Crippen molar-refractivity contribution < 1.29 is 9.59 Å². The number of hydrogen-bond acceptors (Lipinski definition) is 4. The van der Waals surface area contributed by atoms with Crippen LogP contribution in [0.1, 0.15) is 27.6 Å². The Morgan fingerprint density at radius 2 is 1.87 bits per heavy atom. The summed E-state index contributed by atoms with van der Waals surface area (Å²) in [5, 5.41) is 7.62. The molecule has 2 N–H and O–H groups in total. The van der Waals surface area contributed by atoms with Crippen LogP contribution in [0.3, 0.4) is 0 Å². The van der Waals surface area contributed by atoms with Crippen LogP contribution in [0, 0.1) is 13.8 Å². The normalized spacial score (nSPS) is 13.6. The van der Waals surface area contributed by atoms with Gasteiger partial charge in [-0.2, -0.15) is 0 Å². The molecule has 4 rings (SSSR count). The fourth-order valence-corrected chi connectivity index (χ4v) is 4.71. The van der Waals surface area contributed by atoms with Crippen molar-refractivity contribution >= 4 is 34.5 Å². The first-order valence-corrected chi connectivity index (χ1v) is 11.0. The number of carbonyl (C=O) groups excluding carboxylic acids is 2. The quantitative estimate of drug-likeness (QED) is 0.609. The van der Waals surface area contributed by atoms with Gasteiger partial charge >= 0.3 is 11.8 Å². The van der Waals surface area contributed by atoms with E-state index in [-0.39, 0.29) is 6.04 Å². The molecule has 5 nitrogen and oxygen atoms in total. The maximum Gasteiger partial charge on any atom is 0.313 e. The largest absolute Gasteiger partial charge is 0.361 e. The number of nitrogens with one attached hydrogen (secondary N) is 2. The van der Waals surface area contributed by atoms with Crippen LogP contribution in [0.15, 0.2) is 60.0 Å². The number of amides is 2. The number of anilines is 2. The Labute approximate surface area is 180 Å². The van der Waals surface area contributed by atoms with Crippen molar-refractivity contribution in [1.29, 1.82) is 0 Å². The summed E-state index contributed by atoms with van der Waals surface area (Å²) in [7, 11) is 0. The molecule has 0 fully saturated rings. The maximum absolute atomic E-state index is 12.5. The van der Waals surface area contributed by atoms with Crippen molar-refractivity contribution in [3.05, 3.63) is 81.5 Å². The van der Waals surface area contributed by atoms with Crippen LogP contribution in [0.25, 0.3) is 0 Å². The van der Waals surface area contributed by atoms with E-state index in [1.165, 1.54) is 16.1 Å². The topological polar surface area (TPSA) is 61.4 Å². The number of thiophene rings is 1. The average molecular weight is 420 g/mol. The third-order valence-electron chi connectivity index (χ3n) is 5.69. The molecule has 0 bridgehead atoms. The van der Waals surface area contributed by atoms with Gasteiger partial charge in [0.15, 0.2) is 0 Å². The minimum atomic E-state index is -0.643. The number of aryl methyl sites for hydroxylation is 1. The second kappa shape index (κ2) is 8.71. The zero-order valence-electron chi connectivity index (χ0n) is 17.1. The van der Waals surface area contributed by atoms with Gasteiger partial charge in [-0.15, -0.1) is 11.3 Å². The van der Waals surface area contributed by atoms with Gasteiger partial charge in [0, 0.05) is 29.3 Å². The highest BCUT2D eigenvalue weighted by atomic mass is 32.1. The summed E-state index contributed by atoms with van der Waals surface area (Å²) in [5.74, 6) is -1.26. The molecule has 6 heteroatoms. The van der Waals surface area contributed by atoms with Gasteiger partial charge in [0.05, 0.1) is 6.04 Å². The lowest BCUT2D eigenvalue weighted by molar-refractivity contribution is -0.136. The van der Waals surface area contributed by atoms with E-state index in [0.717, 1.165) is 24.1 Å². The number of carbonyl (C=O) groups is 2. The monoisotopic (exact) mass is 419 g/mol. The molecule has 0 spiro atoms. The summed E-state index contributed by atoms with van der Waals surface area (Å²) in [5.41, 5.74) is 5.21. The molecule has 0 aliphatic carbocycles. The molecule has 154 valence electrons. The molecule has 2 aromatic carbocycles. The molecule has 1 atom stereocenters. The van der Waals surface area contributed by atoms with Crippen molar-refractivity contribution in [1.82, 2.24) is 5.32 Å². The summed E-state index contributed by atoms with van der Waals surface area (Å²) in [4.78, 5) is 28.5. The molecule has 0 saturated carbocycles. The zero-order chi connectivity index (χ0) is 21.1. The molecular formula is C24H25N3O2S. The Balaban J connectivity index is 1.46. The number of fused-ring (bicyclic) bond motifs is 1. The molecule has 0 radical (unpaired) electrons. The number of rotatable bonds is 5. The van der Waals surface area contributed by atoms with E-state index < -0.39 is 11.8 Å². The molecule has 1 aliphatic rings. The van der Waals surface area contributed by atoms with E-state index in [1.54, 1.807) is 11.3 Å². The third kappa shape index (κ3) is 4.09. The lowest BCUT2D eigenvalue weighted by Crippen LogP contribution is -2.41. The Kier molecular flexibility index (Phi) is 5.86. The highest BCUT2D eigenvalue weighted by Crippen LogP contribution is 2.36. The third-order valence-corrected chi connectivity index (χ3v) is 6.66. The summed E-state index contributed by atoms with van der Waals surface area (Å²) >= 11 is 1.67. The lowest BCUT2D eigenvalue weighted by Gasteiger charge is -2.30. The Hall–Kier alpha value is -3.12. The van der Waals surface area contributed by atoms with Gasteiger partial charge in [-0.1, -0.05) is 36.4 Å². The summed E-state index contributed by atoms with van der Waals surface area (Å²) in [6, 6.07) is 18.1. The first-order valence-electron chi connectivity index (χ1n) is 10.1. The number of nitrogens with zero attached hydrogens (tertiary/aromatic N) is 1. The fourth-order valence-electron chi connectivity index (χ4n) is 3.87. The minimum absolute atomic E-state index is 0.00824. The SMILES string of the molecule is Cc1cccc(NC(=O)C(=O)NC[C@@H](c2cccs2)N2CCc3ccccc32)c1C. The van der Waals surface area contributed by atoms with E-state index >= 15 is 0 Å². The van der Waals surface area contributed by atoms with Gasteiger partial charge in [0.25, 0.3) is 0 Å². The average Bonchev–Trinajstić information content (AvgIpc) is 3.42. The van der Waals surface area contributed by atoms with Crippen molar-refractivity contribution in [3.8, 4) is 0 Å². The lowest BCUT2D eigenvalue weighted by atomic mass is 10.1. The van der Waals surface area contributed by atoms with Crippen LogP contribution in [-0.2, 0) is 16.0 Å². The van der Waals surface area contributed by atoms with E-state index in [9.17, 15) is 9.59 Å². The number of para-hydroxylation sites is 1. The fraction of sp³-hybridized carbons (Fsp3) is 0.250. The Morgan fingerprint density at radius 1 is 1.03 bits per heavy atom. The smallest absolute Gasteiger partial charge is 0.313 e. The highest BCUT2D eigenvalue weighted by molar-refractivity contribution is 7.10. The van der Waals surface area contributed by atoms with Gasteiger partial charge < -0.3 is 15.5 Å². The first kappa shape index (κ1) is 20.2. The summed E-state index contributed by atoms with van der Waals surface area (Å²) < 4.78 is 0. The number of benzene rings is 2. The maximum atomic E-state index is 12.5. The van der Waals surface area contributed by atoms with E-state index in [2.05, 4.69) is 39.8 Å². The predicted octanol–water partition coefficient (Wildman–Crippen LogP) is 4.22. The molecule has 0 saturated heterocycles. The van der Waals surface area contributed by atoms with E-state index in [0.29, 0.717) is 12.2 Å². The van der Waals surface area contributed by atoms with Crippen LogP contribution in [-0.4, -0.2) is 24.9 Å². The Morgan fingerprint density at radius 3 is 2.67 bits per heavy atom. The molecule has 1 aromatic heterocycles. The van der Waals surface area contributed by atoms with Crippen LogP contribution in [0.4, 0.5) is 11.4 Å². The molecular weight excluding hydrogens is 394 g/mol. The number of hydrogen-bond donors (Lipinski definition) is 2. The van der Waals surface area contributed by atoms with Gasteiger partial charge in [0.2, 0.25) is 0 Å². The van der Waals surface area contributed by atoms with E-state index in [4.69, 9.17) is 0 Å². The molecule has 3 aromatic rings. The van der Waals surface area contributed by atoms with Crippen LogP contribution >= 0.6 is 11.3 Å². The van der Waals surface area contributed by atoms with Crippen molar-refractivity contribution in [2.45, 2.75) is 26.3 Å². The van der Waals surface area contributed by atoms with Crippen LogP contribution in [0.5, 0.6) is 0 Å². The van der Waals surface area contributed by atoms with Crippen molar-refractivity contribution in [3.63, 3.8) is 0 Å². The van der Waals surface area contributed by atoms with Crippen LogP contribution in [0.2, 0.25) is 0 Å². The molecule has 30 heavy (non-hydrogen) atoms. The minimum Gasteiger partial charge on any atom is -0.361 e. The van der Waals surface area contributed by atoms with Gasteiger partial charge in [-0.3, -0.25) is 9.59 Å². The van der Waals surface area contributed by atoms with Crippen molar-refractivity contribution in [2.24, 2.45) is 0 Å². The second-order valence-corrected chi connectivity index (χ2v) is 8.49. The summed E-state index contributed by atoms with van der Waals surface area (Å²) in [6.07, 6.45) is 0.985. The molecule has 2 amide bonds. The zero-order valence-corrected chi connectivity index (χ0v) is 18.0. The predicted molar refractivity (Wildman–Crippen MR) is 122 cm³/mol.